The Kier molecular flexibility index (Phi) is 5.30. The molecule has 1 heterocycles. The Hall–Kier alpha value is -1.04. The third kappa shape index (κ3) is 5.02. The van der Waals surface area contributed by atoms with Crippen LogP contribution in [0.3, 0.4) is 0 Å². The summed E-state index contributed by atoms with van der Waals surface area (Å²) in [7, 11) is 0. The van der Waals surface area contributed by atoms with Crippen molar-refractivity contribution in [2.45, 2.75) is 43.9 Å². The van der Waals surface area contributed by atoms with Crippen LogP contribution in [0, 0.1) is 5.41 Å². The van der Waals surface area contributed by atoms with Crippen molar-refractivity contribution in [2.24, 2.45) is 5.41 Å². The van der Waals surface area contributed by atoms with Crippen molar-refractivity contribution in [2.75, 3.05) is 0 Å². The zero-order valence-corrected chi connectivity index (χ0v) is 13.9. The van der Waals surface area contributed by atoms with Crippen molar-refractivity contribution < 1.29 is 9.63 Å². The molecule has 1 N–H and O–H groups in total. The Morgan fingerprint density at radius 1 is 1.29 bits per heavy atom. The summed E-state index contributed by atoms with van der Waals surface area (Å²) in [5.74, 6) is 1.73. The highest BCUT2D eigenvalue weighted by atomic mass is 35.5. The summed E-state index contributed by atoms with van der Waals surface area (Å²) in [5.41, 5.74) is -0.202. The number of nitrogens with zero attached hydrogens (tertiary/aromatic N) is 2. The highest BCUT2D eigenvalue weighted by Crippen LogP contribution is 2.24. The highest BCUT2D eigenvalue weighted by Gasteiger charge is 2.24. The molecule has 114 valence electrons. The van der Waals surface area contributed by atoms with E-state index in [0.717, 1.165) is 9.92 Å². The molecule has 6 heteroatoms. The average Bonchev–Trinajstić information content (AvgIpc) is 2.85. The van der Waals surface area contributed by atoms with Crippen LogP contribution in [0.2, 0.25) is 5.02 Å². The summed E-state index contributed by atoms with van der Waals surface area (Å²) in [6.07, 6.45) is -0.128. The SMILES string of the molecule is CC(C)(C)C(O)Cc1nc(CSc2ccc(Cl)cc2)no1. The summed E-state index contributed by atoms with van der Waals surface area (Å²) in [5, 5.41) is 14.7. The quantitative estimate of drug-likeness (QED) is 0.843. The number of benzene rings is 1. The Morgan fingerprint density at radius 3 is 2.57 bits per heavy atom. The molecule has 0 spiro atoms. The van der Waals surface area contributed by atoms with E-state index in [2.05, 4.69) is 10.1 Å². The van der Waals surface area contributed by atoms with E-state index in [1.807, 2.05) is 45.0 Å². The summed E-state index contributed by atoms with van der Waals surface area (Å²) >= 11 is 7.46. The Morgan fingerprint density at radius 2 is 1.95 bits per heavy atom. The van der Waals surface area contributed by atoms with Gasteiger partial charge in [0.25, 0.3) is 0 Å². The summed E-state index contributed by atoms with van der Waals surface area (Å²) in [6, 6.07) is 7.62. The van der Waals surface area contributed by atoms with Gasteiger partial charge in [0, 0.05) is 9.92 Å². The van der Waals surface area contributed by atoms with E-state index in [-0.39, 0.29) is 5.41 Å². The van der Waals surface area contributed by atoms with E-state index in [1.165, 1.54) is 0 Å². The molecule has 0 bridgehead atoms. The van der Waals surface area contributed by atoms with Gasteiger partial charge in [0.15, 0.2) is 5.82 Å². The number of aliphatic hydroxyl groups is 1. The van der Waals surface area contributed by atoms with Crippen LogP contribution in [0.1, 0.15) is 32.5 Å². The molecule has 1 aromatic carbocycles. The minimum Gasteiger partial charge on any atom is -0.392 e. The molecule has 0 saturated carbocycles. The van der Waals surface area contributed by atoms with Gasteiger partial charge in [-0.25, -0.2) is 0 Å². The van der Waals surface area contributed by atoms with E-state index < -0.39 is 6.10 Å². The smallest absolute Gasteiger partial charge is 0.229 e. The van der Waals surface area contributed by atoms with Crippen LogP contribution >= 0.6 is 23.4 Å². The van der Waals surface area contributed by atoms with Gasteiger partial charge in [-0.1, -0.05) is 37.5 Å². The molecule has 1 aromatic heterocycles. The monoisotopic (exact) mass is 326 g/mol. The van der Waals surface area contributed by atoms with Crippen molar-refractivity contribution in [3.05, 3.63) is 41.0 Å². The van der Waals surface area contributed by atoms with Gasteiger partial charge in [0.1, 0.15) is 0 Å². The van der Waals surface area contributed by atoms with E-state index >= 15 is 0 Å². The lowest BCUT2D eigenvalue weighted by atomic mass is 9.87. The van der Waals surface area contributed by atoms with Crippen LogP contribution in [-0.2, 0) is 12.2 Å². The third-order valence-electron chi connectivity index (χ3n) is 3.06. The lowest BCUT2D eigenvalue weighted by Crippen LogP contribution is -2.28. The second-order valence-corrected chi connectivity index (χ2v) is 7.42. The van der Waals surface area contributed by atoms with Crippen LogP contribution in [-0.4, -0.2) is 21.4 Å². The maximum Gasteiger partial charge on any atom is 0.229 e. The van der Waals surface area contributed by atoms with Crippen LogP contribution in [0.15, 0.2) is 33.7 Å². The predicted octanol–water partition coefficient (Wildman–Crippen LogP) is 3.96. The first-order valence-corrected chi connectivity index (χ1v) is 8.09. The normalized spacial score (nSPS) is 13.4. The van der Waals surface area contributed by atoms with Crippen LogP contribution in [0.4, 0.5) is 0 Å². The number of aliphatic hydroxyl groups excluding tert-OH is 1. The van der Waals surface area contributed by atoms with Gasteiger partial charge in [-0.2, -0.15) is 4.98 Å². The fourth-order valence-electron chi connectivity index (χ4n) is 1.58. The third-order valence-corrected chi connectivity index (χ3v) is 4.32. The molecule has 0 aliphatic rings. The number of thioether (sulfide) groups is 1. The minimum atomic E-state index is -0.505. The van der Waals surface area contributed by atoms with Crippen LogP contribution in [0.25, 0.3) is 0 Å². The lowest BCUT2D eigenvalue weighted by molar-refractivity contribution is 0.0565. The van der Waals surface area contributed by atoms with Gasteiger partial charge in [-0.15, -0.1) is 11.8 Å². The number of hydrogen-bond acceptors (Lipinski definition) is 5. The Balaban J connectivity index is 1.90. The molecule has 21 heavy (non-hydrogen) atoms. The fraction of sp³-hybridized carbons (Fsp3) is 0.467. The maximum atomic E-state index is 10.0. The zero-order valence-electron chi connectivity index (χ0n) is 12.3. The average molecular weight is 327 g/mol. The lowest BCUT2D eigenvalue weighted by Gasteiger charge is -2.24. The molecule has 0 aliphatic carbocycles. The summed E-state index contributed by atoms with van der Waals surface area (Å²) in [4.78, 5) is 5.41. The molecule has 0 aliphatic heterocycles. The van der Waals surface area contributed by atoms with Crippen molar-refractivity contribution in [3.63, 3.8) is 0 Å². The molecule has 0 saturated heterocycles. The van der Waals surface area contributed by atoms with E-state index in [9.17, 15) is 5.11 Å². The van der Waals surface area contributed by atoms with Gasteiger partial charge in [0.2, 0.25) is 5.89 Å². The van der Waals surface area contributed by atoms with Crippen molar-refractivity contribution in [3.8, 4) is 0 Å². The first kappa shape index (κ1) is 16.3. The van der Waals surface area contributed by atoms with E-state index in [4.69, 9.17) is 16.1 Å². The van der Waals surface area contributed by atoms with Crippen LogP contribution in [0.5, 0.6) is 0 Å². The second-order valence-electron chi connectivity index (χ2n) is 5.93. The number of aromatic nitrogens is 2. The van der Waals surface area contributed by atoms with Crippen molar-refractivity contribution in [1.82, 2.24) is 10.1 Å². The summed E-state index contributed by atoms with van der Waals surface area (Å²) < 4.78 is 5.18. The van der Waals surface area contributed by atoms with Gasteiger partial charge in [0.05, 0.1) is 18.3 Å². The second kappa shape index (κ2) is 6.81. The van der Waals surface area contributed by atoms with Crippen molar-refractivity contribution in [1.29, 1.82) is 0 Å². The largest absolute Gasteiger partial charge is 0.392 e. The Labute approximate surface area is 133 Å². The molecule has 1 atom stereocenters. The van der Waals surface area contributed by atoms with E-state index in [0.29, 0.717) is 23.9 Å². The first-order chi connectivity index (χ1) is 9.84. The molecule has 0 radical (unpaired) electrons. The molecule has 0 amide bonds. The van der Waals surface area contributed by atoms with E-state index in [1.54, 1.807) is 11.8 Å². The molecule has 4 nitrogen and oxygen atoms in total. The topological polar surface area (TPSA) is 59.2 Å². The molecule has 0 fully saturated rings. The first-order valence-electron chi connectivity index (χ1n) is 6.72. The number of hydrogen-bond donors (Lipinski definition) is 1. The standard InChI is InChI=1S/C15H19ClN2O2S/c1-15(2,3)12(19)8-14-17-13(18-20-14)9-21-11-6-4-10(16)5-7-11/h4-7,12,19H,8-9H2,1-3H3. The van der Waals surface area contributed by atoms with Gasteiger partial charge in [-0.3, -0.25) is 0 Å². The molecule has 1 unspecified atom stereocenters. The number of halogens is 1. The molecule has 2 rings (SSSR count). The zero-order chi connectivity index (χ0) is 15.5. The minimum absolute atomic E-state index is 0.202. The fourth-order valence-corrected chi connectivity index (χ4v) is 2.45. The van der Waals surface area contributed by atoms with Gasteiger partial charge >= 0.3 is 0 Å². The van der Waals surface area contributed by atoms with Crippen LogP contribution < -0.4 is 0 Å². The Bertz CT molecular complexity index is 578. The molecule has 2 aromatic rings. The summed E-state index contributed by atoms with van der Waals surface area (Å²) in [6.45, 7) is 5.93. The van der Waals surface area contributed by atoms with Crippen molar-refractivity contribution >= 4 is 23.4 Å². The molecular formula is C15H19ClN2O2S. The predicted molar refractivity (Wildman–Crippen MR) is 84.5 cm³/mol. The molecular weight excluding hydrogens is 308 g/mol. The maximum absolute atomic E-state index is 10.0. The number of rotatable bonds is 5. The highest BCUT2D eigenvalue weighted by molar-refractivity contribution is 7.98. The van der Waals surface area contributed by atoms with Gasteiger partial charge in [-0.05, 0) is 29.7 Å². The van der Waals surface area contributed by atoms with Gasteiger partial charge < -0.3 is 9.63 Å².